The van der Waals surface area contributed by atoms with E-state index in [1.54, 1.807) is 6.20 Å². The maximum Gasteiger partial charge on any atom is 0.145 e. The summed E-state index contributed by atoms with van der Waals surface area (Å²) >= 11 is 0. The van der Waals surface area contributed by atoms with Crippen LogP contribution in [0.2, 0.25) is 0 Å². The molecule has 0 aliphatic carbocycles. The van der Waals surface area contributed by atoms with Gasteiger partial charge in [-0.2, -0.15) is 0 Å². The van der Waals surface area contributed by atoms with Crippen LogP contribution < -0.4 is 5.73 Å². The first kappa shape index (κ1) is 9.93. The molecule has 3 heteroatoms. The average Bonchev–Trinajstić information content (AvgIpc) is 2.65. The Labute approximate surface area is 88.9 Å². The molecule has 15 heavy (non-hydrogen) atoms. The zero-order valence-corrected chi connectivity index (χ0v) is 8.73. The SMILES string of the molecule is Cc1cccc(Cc2oncc2CN)c1. The summed E-state index contributed by atoms with van der Waals surface area (Å²) in [6, 6.07) is 8.34. The van der Waals surface area contributed by atoms with Gasteiger partial charge < -0.3 is 10.3 Å². The van der Waals surface area contributed by atoms with Crippen molar-refractivity contribution < 1.29 is 4.52 Å². The summed E-state index contributed by atoms with van der Waals surface area (Å²) in [7, 11) is 0. The Morgan fingerprint density at radius 2 is 2.27 bits per heavy atom. The lowest BCUT2D eigenvalue weighted by molar-refractivity contribution is 0.388. The van der Waals surface area contributed by atoms with Gasteiger partial charge in [0.2, 0.25) is 0 Å². The van der Waals surface area contributed by atoms with Crippen molar-refractivity contribution in [3.05, 3.63) is 52.9 Å². The van der Waals surface area contributed by atoms with Gasteiger partial charge in [-0.15, -0.1) is 0 Å². The highest BCUT2D eigenvalue weighted by Gasteiger charge is 2.07. The Morgan fingerprint density at radius 1 is 1.40 bits per heavy atom. The minimum Gasteiger partial charge on any atom is -0.361 e. The molecule has 2 aromatic rings. The fraction of sp³-hybridized carbons (Fsp3) is 0.250. The van der Waals surface area contributed by atoms with Crippen molar-refractivity contribution in [2.45, 2.75) is 19.9 Å². The third-order valence-electron chi connectivity index (χ3n) is 2.40. The Balaban J connectivity index is 2.22. The van der Waals surface area contributed by atoms with Gasteiger partial charge in [0.05, 0.1) is 6.20 Å². The summed E-state index contributed by atoms with van der Waals surface area (Å²) in [5.41, 5.74) is 9.04. The van der Waals surface area contributed by atoms with Crippen LogP contribution in [-0.4, -0.2) is 5.16 Å². The fourth-order valence-corrected chi connectivity index (χ4v) is 1.60. The van der Waals surface area contributed by atoms with Gasteiger partial charge in [0.25, 0.3) is 0 Å². The van der Waals surface area contributed by atoms with Crippen molar-refractivity contribution in [2.24, 2.45) is 5.73 Å². The summed E-state index contributed by atoms with van der Waals surface area (Å²) in [6.45, 7) is 2.55. The second-order valence-corrected chi connectivity index (χ2v) is 3.64. The molecule has 0 unspecified atom stereocenters. The molecule has 1 aromatic carbocycles. The van der Waals surface area contributed by atoms with E-state index in [9.17, 15) is 0 Å². The third-order valence-corrected chi connectivity index (χ3v) is 2.40. The van der Waals surface area contributed by atoms with Crippen LogP contribution in [0.15, 0.2) is 35.0 Å². The number of benzene rings is 1. The van der Waals surface area contributed by atoms with Gasteiger partial charge >= 0.3 is 0 Å². The molecule has 0 spiro atoms. The number of rotatable bonds is 3. The zero-order chi connectivity index (χ0) is 10.7. The maximum absolute atomic E-state index is 5.58. The van der Waals surface area contributed by atoms with Crippen molar-refractivity contribution in [3.8, 4) is 0 Å². The van der Waals surface area contributed by atoms with Crippen LogP contribution in [0.4, 0.5) is 0 Å². The van der Waals surface area contributed by atoms with Crippen LogP contribution in [0.5, 0.6) is 0 Å². The van der Waals surface area contributed by atoms with E-state index in [0.29, 0.717) is 6.54 Å². The van der Waals surface area contributed by atoms with Crippen molar-refractivity contribution in [3.63, 3.8) is 0 Å². The molecular weight excluding hydrogens is 188 g/mol. The number of hydrogen-bond acceptors (Lipinski definition) is 3. The van der Waals surface area contributed by atoms with E-state index in [-0.39, 0.29) is 0 Å². The Morgan fingerprint density at radius 3 is 3.00 bits per heavy atom. The first-order chi connectivity index (χ1) is 7.29. The smallest absolute Gasteiger partial charge is 0.145 e. The molecule has 0 saturated heterocycles. The van der Waals surface area contributed by atoms with E-state index < -0.39 is 0 Å². The zero-order valence-electron chi connectivity index (χ0n) is 8.73. The molecule has 0 fully saturated rings. The van der Waals surface area contributed by atoms with E-state index >= 15 is 0 Å². The summed E-state index contributed by atoms with van der Waals surface area (Å²) < 4.78 is 5.17. The molecule has 0 saturated carbocycles. The molecule has 1 heterocycles. The number of nitrogens with zero attached hydrogens (tertiary/aromatic N) is 1. The average molecular weight is 202 g/mol. The van der Waals surface area contributed by atoms with Crippen molar-refractivity contribution >= 4 is 0 Å². The Bertz CT molecular complexity index is 448. The second-order valence-electron chi connectivity index (χ2n) is 3.64. The molecular formula is C12H14N2O. The lowest BCUT2D eigenvalue weighted by Gasteiger charge is -2.00. The molecule has 3 nitrogen and oxygen atoms in total. The minimum atomic E-state index is 0.477. The minimum absolute atomic E-state index is 0.477. The van der Waals surface area contributed by atoms with Crippen LogP contribution in [0.1, 0.15) is 22.5 Å². The van der Waals surface area contributed by atoms with Crippen molar-refractivity contribution in [2.75, 3.05) is 0 Å². The third kappa shape index (κ3) is 2.25. The standard InChI is InChI=1S/C12H14N2O/c1-9-3-2-4-10(5-9)6-12-11(7-13)8-14-15-12/h2-5,8H,6-7,13H2,1H3. The van der Waals surface area contributed by atoms with Crippen LogP contribution in [0.3, 0.4) is 0 Å². The monoisotopic (exact) mass is 202 g/mol. The van der Waals surface area contributed by atoms with Crippen LogP contribution in [0, 0.1) is 6.92 Å². The highest BCUT2D eigenvalue weighted by Crippen LogP contribution is 2.14. The van der Waals surface area contributed by atoms with Crippen LogP contribution >= 0.6 is 0 Å². The molecule has 2 rings (SSSR count). The number of aryl methyl sites for hydroxylation is 1. The summed E-state index contributed by atoms with van der Waals surface area (Å²) in [4.78, 5) is 0. The summed E-state index contributed by atoms with van der Waals surface area (Å²) in [6.07, 6.45) is 2.44. The van der Waals surface area contributed by atoms with Gasteiger partial charge in [-0.25, -0.2) is 0 Å². The lowest BCUT2D eigenvalue weighted by Crippen LogP contribution is -1.99. The van der Waals surface area contributed by atoms with Crippen LogP contribution in [-0.2, 0) is 13.0 Å². The van der Waals surface area contributed by atoms with Gasteiger partial charge in [-0.05, 0) is 12.5 Å². The quantitative estimate of drug-likeness (QED) is 0.828. The summed E-state index contributed by atoms with van der Waals surface area (Å²) in [5, 5.41) is 3.76. The number of hydrogen-bond donors (Lipinski definition) is 1. The van der Waals surface area contributed by atoms with E-state index in [0.717, 1.165) is 17.7 Å². The molecule has 2 N–H and O–H groups in total. The highest BCUT2D eigenvalue weighted by atomic mass is 16.5. The van der Waals surface area contributed by atoms with E-state index in [1.165, 1.54) is 11.1 Å². The Hall–Kier alpha value is -1.61. The largest absolute Gasteiger partial charge is 0.361 e. The molecule has 0 aliphatic rings. The number of aromatic nitrogens is 1. The molecule has 0 bridgehead atoms. The first-order valence-electron chi connectivity index (χ1n) is 4.97. The molecule has 0 aliphatic heterocycles. The van der Waals surface area contributed by atoms with Gasteiger partial charge in [-0.1, -0.05) is 35.0 Å². The molecule has 0 atom stereocenters. The summed E-state index contributed by atoms with van der Waals surface area (Å²) in [5.74, 6) is 0.864. The first-order valence-corrected chi connectivity index (χ1v) is 4.97. The Kier molecular flexibility index (Phi) is 2.83. The highest BCUT2D eigenvalue weighted by molar-refractivity contribution is 5.27. The van der Waals surface area contributed by atoms with Crippen molar-refractivity contribution in [1.29, 1.82) is 0 Å². The molecule has 1 aromatic heterocycles. The molecule has 0 amide bonds. The predicted molar refractivity (Wildman–Crippen MR) is 58.4 cm³/mol. The second kappa shape index (κ2) is 4.28. The lowest BCUT2D eigenvalue weighted by atomic mass is 10.1. The maximum atomic E-state index is 5.58. The van der Waals surface area contributed by atoms with Gasteiger partial charge in [0, 0.05) is 18.5 Å². The predicted octanol–water partition coefficient (Wildman–Crippen LogP) is 2.03. The topological polar surface area (TPSA) is 52.0 Å². The fourth-order valence-electron chi connectivity index (χ4n) is 1.60. The normalized spacial score (nSPS) is 10.5. The van der Waals surface area contributed by atoms with Gasteiger partial charge in [-0.3, -0.25) is 0 Å². The van der Waals surface area contributed by atoms with E-state index in [1.807, 2.05) is 6.07 Å². The van der Waals surface area contributed by atoms with Gasteiger partial charge in [0.15, 0.2) is 0 Å². The molecule has 78 valence electrons. The van der Waals surface area contributed by atoms with E-state index in [2.05, 4.69) is 30.3 Å². The van der Waals surface area contributed by atoms with E-state index in [4.69, 9.17) is 10.3 Å². The van der Waals surface area contributed by atoms with Gasteiger partial charge in [0.1, 0.15) is 5.76 Å². The van der Waals surface area contributed by atoms with Crippen molar-refractivity contribution in [1.82, 2.24) is 5.16 Å². The van der Waals surface area contributed by atoms with Crippen LogP contribution in [0.25, 0.3) is 0 Å². The number of nitrogens with two attached hydrogens (primary N) is 1. The molecule has 0 radical (unpaired) electrons.